The van der Waals surface area contributed by atoms with E-state index in [0.717, 1.165) is 0 Å². The molecule has 1 aliphatic heterocycles. The number of urea groups is 1. The molecule has 7 heavy (non-hydrogen) atoms. The van der Waals surface area contributed by atoms with Crippen molar-refractivity contribution in [3.05, 3.63) is 0 Å². The van der Waals surface area contributed by atoms with Gasteiger partial charge in [-0.05, 0) is 0 Å². The van der Waals surface area contributed by atoms with E-state index in [2.05, 4.69) is 10.6 Å². The van der Waals surface area contributed by atoms with Crippen LogP contribution < -0.4 is 10.6 Å². The lowest BCUT2D eigenvalue weighted by atomic mass is 10.7. The molecular weight excluding hydrogens is 96.0 g/mol. The Bertz CT molecular complexity index is 106. The van der Waals surface area contributed by atoms with Gasteiger partial charge in [-0.3, -0.25) is 4.79 Å². The Hall–Kier alpha value is -1.06. The SMILES string of the molecule is O=C1CNC(=O)[N]1. The fourth-order valence-corrected chi connectivity index (χ4v) is 0.344. The molecule has 0 bridgehead atoms. The predicted octanol–water partition coefficient (Wildman–Crippen LogP) is -1.16. The largest absolute Gasteiger partial charge is 0.344 e. The summed E-state index contributed by atoms with van der Waals surface area (Å²) in [6.45, 7) is 0.0683. The van der Waals surface area contributed by atoms with Crippen molar-refractivity contribution in [2.45, 2.75) is 0 Å². The van der Waals surface area contributed by atoms with Crippen molar-refractivity contribution in [1.29, 1.82) is 0 Å². The first kappa shape index (κ1) is 4.11. The van der Waals surface area contributed by atoms with Crippen molar-refractivity contribution in [3.8, 4) is 0 Å². The highest BCUT2D eigenvalue weighted by molar-refractivity contribution is 6.01. The molecule has 0 atom stereocenters. The maximum absolute atomic E-state index is 10.0. The van der Waals surface area contributed by atoms with E-state index >= 15 is 0 Å². The molecule has 0 aromatic rings. The van der Waals surface area contributed by atoms with Gasteiger partial charge in [-0.15, -0.1) is 0 Å². The fourth-order valence-electron chi connectivity index (χ4n) is 0.344. The number of amides is 3. The smallest absolute Gasteiger partial charge is 0.327 e. The average molecular weight is 99.1 g/mol. The van der Waals surface area contributed by atoms with Crippen LogP contribution in [-0.2, 0) is 4.79 Å². The van der Waals surface area contributed by atoms with Gasteiger partial charge in [0.2, 0.25) is 0 Å². The molecule has 4 heteroatoms. The molecule has 1 fully saturated rings. The molecule has 0 aliphatic carbocycles. The summed E-state index contributed by atoms with van der Waals surface area (Å²) in [6, 6.07) is -0.523. The molecule has 0 spiro atoms. The van der Waals surface area contributed by atoms with Crippen molar-refractivity contribution in [2.24, 2.45) is 0 Å². The van der Waals surface area contributed by atoms with E-state index in [4.69, 9.17) is 0 Å². The van der Waals surface area contributed by atoms with Gasteiger partial charge in [0.25, 0.3) is 5.91 Å². The lowest BCUT2D eigenvalue weighted by Crippen LogP contribution is -2.15. The summed E-state index contributed by atoms with van der Waals surface area (Å²) in [5.41, 5.74) is 0. The van der Waals surface area contributed by atoms with E-state index in [1.54, 1.807) is 0 Å². The Balaban J connectivity index is 2.55. The van der Waals surface area contributed by atoms with Gasteiger partial charge < -0.3 is 5.32 Å². The maximum atomic E-state index is 10.0. The topological polar surface area (TPSA) is 60.3 Å². The Morgan fingerprint density at radius 1 is 1.57 bits per heavy atom. The number of carbonyl (C=O) groups excluding carboxylic acids is 2. The standard InChI is InChI=1S/C3H3N2O2/c6-2-1-4-3(7)5-2/h1H2,(H,4,7). The molecule has 0 saturated carbocycles. The van der Waals surface area contributed by atoms with Crippen LogP contribution in [0.4, 0.5) is 4.79 Å². The van der Waals surface area contributed by atoms with Crippen LogP contribution in [0.15, 0.2) is 0 Å². The third kappa shape index (κ3) is 0.677. The zero-order valence-corrected chi connectivity index (χ0v) is 3.47. The summed E-state index contributed by atoms with van der Waals surface area (Å²) in [5, 5.41) is 5.21. The third-order valence-electron chi connectivity index (χ3n) is 0.617. The zero-order chi connectivity index (χ0) is 5.28. The molecule has 1 N–H and O–H groups in total. The lowest BCUT2D eigenvalue weighted by Gasteiger charge is -1.75. The van der Waals surface area contributed by atoms with Gasteiger partial charge >= 0.3 is 6.03 Å². The van der Waals surface area contributed by atoms with E-state index < -0.39 is 6.03 Å². The zero-order valence-electron chi connectivity index (χ0n) is 3.47. The molecule has 1 saturated heterocycles. The molecular formula is C3H3N2O2. The summed E-state index contributed by atoms with van der Waals surface area (Å²) < 4.78 is 0. The van der Waals surface area contributed by atoms with E-state index in [0.29, 0.717) is 0 Å². The maximum Gasteiger partial charge on any atom is 0.344 e. The number of rotatable bonds is 0. The van der Waals surface area contributed by atoms with Crippen LogP contribution >= 0.6 is 0 Å². The summed E-state index contributed by atoms with van der Waals surface area (Å²) in [6.07, 6.45) is 0. The Labute approximate surface area is 39.9 Å². The second-order valence-corrected chi connectivity index (χ2v) is 1.16. The molecule has 1 radical (unpaired) electrons. The summed E-state index contributed by atoms with van der Waals surface area (Å²) in [4.78, 5) is 20.0. The minimum absolute atomic E-state index is 0.0683. The number of hydrogen-bond donors (Lipinski definition) is 1. The highest BCUT2D eigenvalue weighted by Crippen LogP contribution is 1.77. The van der Waals surface area contributed by atoms with Gasteiger partial charge in [0.1, 0.15) is 6.54 Å². The fraction of sp³-hybridized carbons (Fsp3) is 0.333. The minimum Gasteiger partial charge on any atom is -0.327 e. The van der Waals surface area contributed by atoms with Gasteiger partial charge in [0.15, 0.2) is 0 Å². The van der Waals surface area contributed by atoms with Gasteiger partial charge in [-0.1, -0.05) is 0 Å². The molecule has 3 amide bonds. The van der Waals surface area contributed by atoms with Crippen molar-refractivity contribution >= 4 is 11.9 Å². The van der Waals surface area contributed by atoms with Crippen molar-refractivity contribution in [2.75, 3.05) is 6.54 Å². The monoisotopic (exact) mass is 99.0 g/mol. The van der Waals surface area contributed by atoms with Crippen LogP contribution in [0.5, 0.6) is 0 Å². The molecule has 1 aliphatic rings. The number of hydrogen-bond acceptors (Lipinski definition) is 2. The first-order valence-corrected chi connectivity index (χ1v) is 1.81. The van der Waals surface area contributed by atoms with E-state index in [1.165, 1.54) is 0 Å². The van der Waals surface area contributed by atoms with Gasteiger partial charge in [-0.2, -0.15) is 5.32 Å². The van der Waals surface area contributed by atoms with Crippen LogP contribution in [0.1, 0.15) is 0 Å². The number of carbonyl (C=O) groups is 2. The Morgan fingerprint density at radius 2 is 2.29 bits per heavy atom. The van der Waals surface area contributed by atoms with Crippen LogP contribution in [0.2, 0.25) is 0 Å². The van der Waals surface area contributed by atoms with Gasteiger partial charge in [0.05, 0.1) is 0 Å². The van der Waals surface area contributed by atoms with Crippen LogP contribution in [-0.4, -0.2) is 18.5 Å². The van der Waals surface area contributed by atoms with Crippen molar-refractivity contribution < 1.29 is 9.59 Å². The molecule has 0 unspecified atom stereocenters. The Kier molecular flexibility index (Phi) is 0.714. The summed E-state index contributed by atoms with van der Waals surface area (Å²) >= 11 is 0. The molecule has 0 aromatic heterocycles. The minimum atomic E-state index is -0.523. The van der Waals surface area contributed by atoms with Gasteiger partial charge in [-0.25, -0.2) is 4.79 Å². The van der Waals surface area contributed by atoms with Crippen LogP contribution in [0, 0.1) is 0 Å². The first-order chi connectivity index (χ1) is 3.29. The summed E-state index contributed by atoms with van der Waals surface area (Å²) in [7, 11) is 0. The highest BCUT2D eigenvalue weighted by atomic mass is 16.2. The second kappa shape index (κ2) is 1.22. The van der Waals surface area contributed by atoms with E-state index in [9.17, 15) is 9.59 Å². The second-order valence-electron chi connectivity index (χ2n) is 1.16. The predicted molar refractivity (Wildman–Crippen MR) is 20.5 cm³/mol. The highest BCUT2D eigenvalue weighted by Gasteiger charge is 2.17. The number of nitrogens with one attached hydrogen (secondary N) is 1. The van der Waals surface area contributed by atoms with Crippen molar-refractivity contribution in [1.82, 2.24) is 10.6 Å². The summed E-state index contributed by atoms with van der Waals surface area (Å²) in [5.74, 6) is -0.384. The van der Waals surface area contributed by atoms with Gasteiger partial charge in [0, 0.05) is 0 Å². The molecule has 37 valence electrons. The van der Waals surface area contributed by atoms with Crippen LogP contribution in [0.25, 0.3) is 0 Å². The Morgan fingerprint density at radius 3 is 2.43 bits per heavy atom. The van der Waals surface area contributed by atoms with Crippen molar-refractivity contribution in [3.63, 3.8) is 0 Å². The quantitative estimate of drug-likeness (QED) is 0.389. The third-order valence-corrected chi connectivity index (χ3v) is 0.617. The number of nitrogens with zero attached hydrogens (tertiary/aromatic N) is 1. The molecule has 0 aromatic carbocycles. The molecule has 1 heterocycles. The van der Waals surface area contributed by atoms with E-state index in [-0.39, 0.29) is 12.5 Å². The van der Waals surface area contributed by atoms with E-state index in [1.807, 2.05) is 0 Å². The average Bonchev–Trinajstić information content (AvgIpc) is 1.87. The lowest BCUT2D eigenvalue weighted by molar-refractivity contribution is -0.117. The first-order valence-electron chi connectivity index (χ1n) is 1.81. The number of imide groups is 1. The molecule has 4 nitrogen and oxygen atoms in total. The molecule has 1 rings (SSSR count). The normalized spacial score (nSPS) is 18.9. The van der Waals surface area contributed by atoms with Crippen LogP contribution in [0.3, 0.4) is 0 Å².